The summed E-state index contributed by atoms with van der Waals surface area (Å²) in [4.78, 5) is 24.3. The molecule has 2 aromatic heterocycles. The lowest BCUT2D eigenvalue weighted by Gasteiger charge is -2.08. The van der Waals surface area contributed by atoms with Crippen molar-refractivity contribution in [1.82, 2.24) is 4.57 Å². The van der Waals surface area contributed by atoms with Gasteiger partial charge in [-0.2, -0.15) is 0 Å². The van der Waals surface area contributed by atoms with E-state index >= 15 is 0 Å². The fourth-order valence-corrected chi connectivity index (χ4v) is 2.47. The van der Waals surface area contributed by atoms with Crippen LogP contribution in [-0.2, 0) is 11.3 Å². The number of benzene rings is 1. The van der Waals surface area contributed by atoms with Crippen molar-refractivity contribution in [3.8, 4) is 0 Å². The summed E-state index contributed by atoms with van der Waals surface area (Å²) in [6.07, 6.45) is 0. The normalized spacial score (nSPS) is 10.8. The predicted octanol–water partition coefficient (Wildman–Crippen LogP) is 3.21. The Morgan fingerprint density at radius 2 is 1.91 bits per heavy atom. The molecule has 1 aromatic carbocycles. The molecule has 112 valence electrons. The number of ether oxygens (including phenoxy) is 1. The molecule has 0 aliphatic heterocycles. The average Bonchev–Trinajstić information content (AvgIpc) is 3.05. The standard InChI is InChI=1S/C17H15NO4/c1-11-8-13-16(22-11)9-14(17(20)21-2)18(13)10-15(19)12-6-4-3-5-7-12/h3-9H,10H2,1-2H3. The molecule has 5 nitrogen and oxygen atoms in total. The van der Waals surface area contributed by atoms with E-state index in [0.717, 1.165) is 5.76 Å². The third-order valence-electron chi connectivity index (χ3n) is 3.50. The molecule has 0 amide bonds. The van der Waals surface area contributed by atoms with Gasteiger partial charge in [-0.1, -0.05) is 30.3 Å². The van der Waals surface area contributed by atoms with Crippen molar-refractivity contribution in [3.05, 3.63) is 59.5 Å². The van der Waals surface area contributed by atoms with E-state index < -0.39 is 5.97 Å². The van der Waals surface area contributed by atoms with Crippen molar-refractivity contribution in [2.24, 2.45) is 0 Å². The largest absolute Gasteiger partial charge is 0.464 e. The molecule has 0 bridgehead atoms. The number of methoxy groups -OCH3 is 1. The zero-order chi connectivity index (χ0) is 15.7. The molecular weight excluding hydrogens is 282 g/mol. The van der Waals surface area contributed by atoms with Crippen LogP contribution in [0.5, 0.6) is 0 Å². The highest BCUT2D eigenvalue weighted by molar-refractivity contribution is 5.99. The molecule has 0 saturated heterocycles. The fourth-order valence-electron chi connectivity index (χ4n) is 2.47. The van der Waals surface area contributed by atoms with E-state index in [2.05, 4.69) is 0 Å². The number of rotatable bonds is 4. The second kappa shape index (κ2) is 5.52. The van der Waals surface area contributed by atoms with Crippen molar-refractivity contribution in [2.75, 3.05) is 7.11 Å². The molecule has 3 aromatic rings. The summed E-state index contributed by atoms with van der Waals surface area (Å²) in [7, 11) is 1.31. The van der Waals surface area contributed by atoms with Crippen LogP contribution in [0.3, 0.4) is 0 Å². The van der Waals surface area contributed by atoms with Crippen LogP contribution in [0.2, 0.25) is 0 Å². The molecule has 0 saturated carbocycles. The van der Waals surface area contributed by atoms with Gasteiger partial charge in [-0.3, -0.25) is 4.79 Å². The number of nitrogens with zero attached hydrogens (tertiary/aromatic N) is 1. The zero-order valence-electron chi connectivity index (χ0n) is 12.3. The minimum atomic E-state index is -0.495. The van der Waals surface area contributed by atoms with Gasteiger partial charge in [-0.25, -0.2) is 4.79 Å². The lowest BCUT2D eigenvalue weighted by Crippen LogP contribution is -2.16. The lowest BCUT2D eigenvalue weighted by atomic mass is 10.1. The summed E-state index contributed by atoms with van der Waals surface area (Å²) >= 11 is 0. The average molecular weight is 297 g/mol. The van der Waals surface area contributed by atoms with Crippen LogP contribution in [0.15, 0.2) is 46.9 Å². The lowest BCUT2D eigenvalue weighted by molar-refractivity contribution is 0.0589. The Morgan fingerprint density at radius 3 is 2.59 bits per heavy atom. The summed E-state index contributed by atoms with van der Waals surface area (Å²) in [5, 5.41) is 0. The number of carbonyl (C=O) groups excluding carboxylic acids is 2. The maximum absolute atomic E-state index is 12.4. The van der Waals surface area contributed by atoms with E-state index in [-0.39, 0.29) is 12.3 Å². The van der Waals surface area contributed by atoms with Gasteiger partial charge in [-0.15, -0.1) is 0 Å². The Kier molecular flexibility index (Phi) is 3.55. The van der Waals surface area contributed by atoms with Crippen LogP contribution in [0.4, 0.5) is 0 Å². The highest BCUT2D eigenvalue weighted by Gasteiger charge is 2.21. The summed E-state index contributed by atoms with van der Waals surface area (Å²) in [6.45, 7) is 1.87. The molecular formula is C17H15NO4. The van der Waals surface area contributed by atoms with Gasteiger partial charge in [0.25, 0.3) is 0 Å². The molecule has 0 spiro atoms. The van der Waals surface area contributed by atoms with Gasteiger partial charge in [0.05, 0.1) is 19.2 Å². The minimum absolute atomic E-state index is 0.0525. The van der Waals surface area contributed by atoms with Crippen molar-refractivity contribution < 1.29 is 18.7 Å². The van der Waals surface area contributed by atoms with Crippen LogP contribution >= 0.6 is 0 Å². The molecule has 0 fully saturated rings. The molecule has 22 heavy (non-hydrogen) atoms. The highest BCUT2D eigenvalue weighted by atomic mass is 16.5. The van der Waals surface area contributed by atoms with E-state index in [1.165, 1.54) is 7.11 Å². The number of fused-ring (bicyclic) bond motifs is 1. The Bertz CT molecular complexity index is 842. The van der Waals surface area contributed by atoms with Crippen molar-refractivity contribution in [2.45, 2.75) is 13.5 Å². The van der Waals surface area contributed by atoms with Crippen LogP contribution in [-0.4, -0.2) is 23.4 Å². The Morgan fingerprint density at radius 1 is 1.18 bits per heavy atom. The maximum atomic E-state index is 12.4. The third kappa shape index (κ3) is 2.41. The second-order valence-electron chi connectivity index (χ2n) is 5.00. The minimum Gasteiger partial charge on any atom is -0.464 e. The van der Waals surface area contributed by atoms with Gasteiger partial charge in [-0.05, 0) is 6.92 Å². The number of furan rings is 1. The highest BCUT2D eigenvalue weighted by Crippen LogP contribution is 2.24. The molecule has 5 heteroatoms. The Hall–Kier alpha value is -2.82. The molecule has 0 atom stereocenters. The maximum Gasteiger partial charge on any atom is 0.354 e. The van der Waals surface area contributed by atoms with Crippen molar-refractivity contribution in [3.63, 3.8) is 0 Å². The van der Waals surface area contributed by atoms with Gasteiger partial charge in [0.15, 0.2) is 11.4 Å². The van der Waals surface area contributed by atoms with Gasteiger partial charge >= 0.3 is 5.97 Å². The number of ketones is 1. The molecule has 2 heterocycles. The second-order valence-corrected chi connectivity index (χ2v) is 5.00. The molecule has 3 rings (SSSR count). The third-order valence-corrected chi connectivity index (χ3v) is 3.50. The van der Waals surface area contributed by atoms with E-state index in [1.807, 2.05) is 25.1 Å². The number of aromatic nitrogens is 1. The Labute approximate surface area is 127 Å². The smallest absolute Gasteiger partial charge is 0.354 e. The van der Waals surface area contributed by atoms with E-state index in [0.29, 0.717) is 22.4 Å². The predicted molar refractivity (Wildman–Crippen MR) is 81.1 cm³/mol. The van der Waals surface area contributed by atoms with Gasteiger partial charge in [0, 0.05) is 17.7 Å². The van der Waals surface area contributed by atoms with E-state index in [1.54, 1.807) is 28.8 Å². The van der Waals surface area contributed by atoms with Crippen LogP contribution in [0.1, 0.15) is 26.6 Å². The summed E-state index contributed by atoms with van der Waals surface area (Å²) in [6, 6.07) is 12.4. The Balaban J connectivity index is 2.04. The fraction of sp³-hybridized carbons (Fsp3) is 0.176. The summed E-state index contributed by atoms with van der Waals surface area (Å²) in [5.41, 5.74) is 2.18. The van der Waals surface area contributed by atoms with Crippen molar-refractivity contribution >= 4 is 22.9 Å². The number of hydrogen-bond donors (Lipinski definition) is 0. The summed E-state index contributed by atoms with van der Waals surface area (Å²) < 4.78 is 11.9. The van der Waals surface area contributed by atoms with E-state index in [4.69, 9.17) is 9.15 Å². The van der Waals surface area contributed by atoms with Gasteiger partial charge in [0.2, 0.25) is 0 Å². The van der Waals surface area contributed by atoms with Crippen LogP contribution < -0.4 is 0 Å². The van der Waals surface area contributed by atoms with Gasteiger partial charge < -0.3 is 13.7 Å². The molecule has 0 N–H and O–H groups in total. The monoisotopic (exact) mass is 297 g/mol. The molecule has 0 aliphatic rings. The number of esters is 1. The first kappa shape index (κ1) is 14.1. The number of aryl methyl sites for hydroxylation is 1. The van der Waals surface area contributed by atoms with Crippen molar-refractivity contribution in [1.29, 1.82) is 0 Å². The number of hydrogen-bond acceptors (Lipinski definition) is 4. The first-order valence-corrected chi connectivity index (χ1v) is 6.86. The number of carbonyl (C=O) groups is 2. The summed E-state index contributed by atoms with van der Waals surface area (Å²) in [5.74, 6) is 0.148. The topological polar surface area (TPSA) is 61.4 Å². The van der Waals surface area contributed by atoms with Crippen LogP contribution in [0, 0.1) is 6.92 Å². The SMILES string of the molecule is COC(=O)c1cc2oc(C)cc2n1CC(=O)c1ccccc1. The first-order valence-electron chi connectivity index (χ1n) is 6.86. The molecule has 0 unspecified atom stereocenters. The van der Waals surface area contributed by atoms with Crippen LogP contribution in [0.25, 0.3) is 11.1 Å². The molecule has 0 radical (unpaired) electrons. The quantitative estimate of drug-likeness (QED) is 0.548. The van der Waals surface area contributed by atoms with E-state index in [9.17, 15) is 9.59 Å². The number of Topliss-reactive ketones (excluding diaryl/α,β-unsaturated/α-hetero) is 1. The first-order chi connectivity index (χ1) is 10.6. The zero-order valence-corrected chi connectivity index (χ0v) is 12.3. The molecule has 0 aliphatic carbocycles. The van der Waals surface area contributed by atoms with Gasteiger partial charge in [0.1, 0.15) is 11.5 Å².